The molecule has 0 aliphatic rings. The monoisotopic (exact) mass is 406 g/mol. The lowest BCUT2D eigenvalue weighted by molar-refractivity contribution is 0.156. The van der Waals surface area contributed by atoms with E-state index in [0.717, 1.165) is 25.7 Å². The molecule has 5 heteroatoms. The van der Waals surface area contributed by atoms with Crippen LogP contribution in [0.2, 0.25) is 0 Å². The topological polar surface area (TPSA) is 74.6 Å². The van der Waals surface area contributed by atoms with E-state index in [1.165, 1.54) is 77.0 Å². The Morgan fingerprint density at radius 2 is 0.926 bits per heavy atom. The maximum Gasteiger partial charge on any atom is 0.267 e. The van der Waals surface area contributed by atoms with Gasteiger partial charge in [0.1, 0.15) is 0 Å². The van der Waals surface area contributed by atoms with Crippen LogP contribution in [0.4, 0.5) is 0 Å². The van der Waals surface area contributed by atoms with E-state index in [1.54, 1.807) is 0 Å². The molecule has 0 radical (unpaired) electrons. The fourth-order valence-corrected chi connectivity index (χ4v) is 4.53. The Bertz CT molecular complexity index is 409. The average molecular weight is 407 g/mol. The predicted molar refractivity (Wildman–Crippen MR) is 116 cm³/mol. The summed E-state index contributed by atoms with van der Waals surface area (Å²) in [7, 11) is -3.85. The maximum absolute atomic E-state index is 11.1. The zero-order valence-electron chi connectivity index (χ0n) is 18.0. The van der Waals surface area contributed by atoms with Crippen molar-refractivity contribution in [2.24, 2.45) is 0 Å². The first-order valence-corrected chi connectivity index (χ1v) is 13.1. The van der Waals surface area contributed by atoms with E-state index in [2.05, 4.69) is 0 Å². The normalized spacial score (nSPS) is 14.4. The molecular formula is C22H46O4S. The first-order valence-electron chi connectivity index (χ1n) is 11.6. The highest BCUT2D eigenvalue weighted by atomic mass is 32.2. The molecule has 0 aromatic rings. The van der Waals surface area contributed by atoms with Crippen LogP contribution in [0.15, 0.2) is 0 Å². The van der Waals surface area contributed by atoms with Crippen LogP contribution < -0.4 is 0 Å². The van der Waals surface area contributed by atoms with Gasteiger partial charge in [-0.1, -0.05) is 104 Å². The van der Waals surface area contributed by atoms with Gasteiger partial charge in [-0.3, -0.25) is 4.55 Å². The minimum atomic E-state index is -3.85. The van der Waals surface area contributed by atoms with Crippen LogP contribution in [0.25, 0.3) is 0 Å². The van der Waals surface area contributed by atoms with Crippen molar-refractivity contribution in [3.8, 4) is 0 Å². The van der Waals surface area contributed by atoms with E-state index in [1.807, 2.05) is 13.8 Å². The maximum atomic E-state index is 11.1. The van der Waals surface area contributed by atoms with Crippen molar-refractivity contribution in [3.05, 3.63) is 0 Å². The molecule has 0 saturated heterocycles. The van der Waals surface area contributed by atoms with Crippen molar-refractivity contribution in [1.82, 2.24) is 0 Å². The van der Waals surface area contributed by atoms with Gasteiger partial charge in [-0.15, -0.1) is 0 Å². The van der Waals surface area contributed by atoms with Gasteiger partial charge in [-0.05, 0) is 25.7 Å². The molecule has 164 valence electrons. The number of aliphatic hydroxyl groups is 1. The van der Waals surface area contributed by atoms with Crippen LogP contribution in [-0.2, 0) is 10.1 Å². The van der Waals surface area contributed by atoms with Crippen LogP contribution in [-0.4, -0.2) is 29.4 Å². The van der Waals surface area contributed by atoms with E-state index < -0.39 is 15.4 Å². The van der Waals surface area contributed by atoms with Crippen molar-refractivity contribution in [3.63, 3.8) is 0 Å². The highest BCUT2D eigenvalue weighted by Crippen LogP contribution is 2.16. The van der Waals surface area contributed by atoms with Crippen molar-refractivity contribution >= 4 is 10.1 Å². The van der Waals surface area contributed by atoms with Gasteiger partial charge < -0.3 is 5.11 Å². The fraction of sp³-hybridized carbons (Fsp3) is 1.00. The molecule has 27 heavy (non-hydrogen) atoms. The third-order valence-electron chi connectivity index (χ3n) is 5.66. The molecule has 0 aliphatic carbocycles. The molecule has 0 heterocycles. The summed E-state index contributed by atoms with van der Waals surface area (Å²) in [5, 5.41) is 8.92. The summed E-state index contributed by atoms with van der Waals surface area (Å²) in [6.45, 7) is 3.86. The van der Waals surface area contributed by atoms with Gasteiger partial charge in [-0.25, -0.2) is 0 Å². The highest BCUT2D eigenvalue weighted by molar-refractivity contribution is 7.86. The van der Waals surface area contributed by atoms with Crippen LogP contribution in [0, 0.1) is 0 Å². The van der Waals surface area contributed by atoms with Crippen molar-refractivity contribution in [1.29, 1.82) is 0 Å². The number of aliphatic hydroxyl groups excluding tert-OH is 1. The number of unbranched alkanes of at least 4 members (excludes halogenated alkanes) is 13. The zero-order chi connectivity index (χ0) is 20.4. The van der Waals surface area contributed by atoms with E-state index in [-0.39, 0.29) is 6.10 Å². The number of rotatable bonds is 20. The smallest absolute Gasteiger partial charge is 0.267 e. The van der Waals surface area contributed by atoms with Gasteiger partial charge in [0.2, 0.25) is 0 Å². The lowest BCUT2D eigenvalue weighted by atomic mass is 10.0. The number of hydrogen-bond acceptors (Lipinski definition) is 3. The molecule has 0 saturated carbocycles. The van der Waals surface area contributed by atoms with E-state index >= 15 is 0 Å². The summed E-state index contributed by atoms with van der Waals surface area (Å²) in [6.07, 6.45) is 20.3. The molecule has 0 aromatic carbocycles. The Morgan fingerprint density at radius 1 is 0.593 bits per heavy atom. The van der Waals surface area contributed by atoms with Gasteiger partial charge in [0.15, 0.2) is 0 Å². The van der Waals surface area contributed by atoms with Gasteiger partial charge in [-0.2, -0.15) is 8.42 Å². The van der Waals surface area contributed by atoms with Crippen molar-refractivity contribution in [2.75, 3.05) is 0 Å². The molecule has 0 rings (SSSR count). The van der Waals surface area contributed by atoms with Gasteiger partial charge in [0.05, 0.1) is 11.4 Å². The predicted octanol–water partition coefficient (Wildman–Crippen LogP) is 6.67. The van der Waals surface area contributed by atoms with E-state index in [9.17, 15) is 13.5 Å². The highest BCUT2D eigenvalue weighted by Gasteiger charge is 2.19. The molecular weight excluding hydrogens is 360 g/mol. The first-order chi connectivity index (χ1) is 12.9. The van der Waals surface area contributed by atoms with E-state index in [0.29, 0.717) is 12.8 Å². The molecule has 0 aliphatic heterocycles. The SMILES string of the molecule is CCC(O)CCCCCCCCCCCCCCCCC(CC)S(=O)(=O)O. The molecule has 0 aromatic heterocycles. The Balaban J connectivity index is 3.23. The summed E-state index contributed by atoms with van der Waals surface area (Å²) in [4.78, 5) is 0. The third kappa shape index (κ3) is 17.7. The second kappa shape index (κ2) is 17.9. The minimum absolute atomic E-state index is 0.0880. The molecule has 2 unspecified atom stereocenters. The fourth-order valence-electron chi connectivity index (χ4n) is 3.64. The average Bonchev–Trinajstić information content (AvgIpc) is 2.63. The third-order valence-corrected chi connectivity index (χ3v) is 7.07. The zero-order valence-corrected chi connectivity index (χ0v) is 18.8. The Hall–Kier alpha value is -0.130. The minimum Gasteiger partial charge on any atom is -0.393 e. The van der Waals surface area contributed by atoms with Crippen molar-refractivity contribution < 1.29 is 18.1 Å². The standard InChI is InChI=1S/C22H46O4S/c1-3-21(23)19-17-15-13-11-9-7-5-6-8-10-12-14-16-18-20-22(4-2)27(24,25)26/h21-23H,3-20H2,1-2H3,(H,24,25,26). The molecule has 2 N–H and O–H groups in total. The first kappa shape index (κ1) is 26.9. The Morgan fingerprint density at radius 3 is 1.22 bits per heavy atom. The lowest BCUT2D eigenvalue weighted by Gasteiger charge is -2.10. The molecule has 0 spiro atoms. The lowest BCUT2D eigenvalue weighted by Crippen LogP contribution is -2.19. The van der Waals surface area contributed by atoms with E-state index in [4.69, 9.17) is 4.55 Å². The number of hydrogen-bond donors (Lipinski definition) is 2. The van der Waals surface area contributed by atoms with Crippen LogP contribution in [0.3, 0.4) is 0 Å². The summed E-state index contributed by atoms with van der Waals surface area (Å²) < 4.78 is 31.3. The van der Waals surface area contributed by atoms with Crippen LogP contribution in [0.1, 0.15) is 129 Å². The second-order valence-corrected chi connectivity index (χ2v) is 9.83. The molecule has 2 atom stereocenters. The summed E-state index contributed by atoms with van der Waals surface area (Å²) in [5.74, 6) is 0. The molecule has 0 amide bonds. The molecule has 0 fully saturated rings. The van der Waals surface area contributed by atoms with Gasteiger partial charge in [0.25, 0.3) is 10.1 Å². The molecule has 4 nitrogen and oxygen atoms in total. The quantitative estimate of drug-likeness (QED) is 0.175. The van der Waals surface area contributed by atoms with Crippen LogP contribution in [0.5, 0.6) is 0 Å². The summed E-state index contributed by atoms with van der Waals surface area (Å²) in [5.41, 5.74) is 0. The molecule has 0 bridgehead atoms. The van der Waals surface area contributed by atoms with Crippen LogP contribution >= 0.6 is 0 Å². The summed E-state index contributed by atoms with van der Waals surface area (Å²) >= 11 is 0. The van der Waals surface area contributed by atoms with Gasteiger partial charge in [0, 0.05) is 0 Å². The van der Waals surface area contributed by atoms with Gasteiger partial charge >= 0.3 is 0 Å². The second-order valence-electron chi connectivity index (χ2n) is 8.13. The Kier molecular flexibility index (Phi) is 17.8. The summed E-state index contributed by atoms with van der Waals surface area (Å²) in [6, 6.07) is 0. The Labute approximate surface area is 169 Å². The largest absolute Gasteiger partial charge is 0.393 e. The van der Waals surface area contributed by atoms with Crippen molar-refractivity contribution in [2.45, 2.75) is 141 Å².